The van der Waals surface area contributed by atoms with E-state index in [-0.39, 0.29) is 23.5 Å². The monoisotopic (exact) mass is 522 g/mol. The minimum Gasteiger partial charge on any atom is -0.393 e. The molecule has 0 unspecified atom stereocenters. The molecule has 1 aliphatic heterocycles. The maximum atomic E-state index is 13.2. The molecule has 196 valence electrons. The van der Waals surface area contributed by atoms with Gasteiger partial charge in [0.05, 0.1) is 29.2 Å². The molecule has 4 heterocycles. The zero-order chi connectivity index (χ0) is 26.8. The molecule has 1 saturated heterocycles. The third-order valence-electron chi connectivity index (χ3n) is 7.03. The van der Waals surface area contributed by atoms with Crippen molar-refractivity contribution in [1.82, 2.24) is 25.1 Å². The van der Waals surface area contributed by atoms with Crippen LogP contribution in [0.2, 0.25) is 0 Å². The first-order valence-corrected chi connectivity index (χ1v) is 12.9. The number of benzene rings is 2. The van der Waals surface area contributed by atoms with Gasteiger partial charge in [-0.25, -0.2) is 4.39 Å². The summed E-state index contributed by atoms with van der Waals surface area (Å²) in [6.07, 6.45) is 6.65. The predicted molar refractivity (Wildman–Crippen MR) is 147 cm³/mol. The van der Waals surface area contributed by atoms with Crippen molar-refractivity contribution in [3.8, 4) is 22.4 Å². The van der Waals surface area contributed by atoms with E-state index >= 15 is 0 Å². The van der Waals surface area contributed by atoms with Crippen LogP contribution in [0.1, 0.15) is 28.9 Å². The number of aromatic nitrogens is 4. The minimum absolute atomic E-state index is 0.198. The molecule has 0 bridgehead atoms. The van der Waals surface area contributed by atoms with Gasteiger partial charge in [-0.05, 0) is 78.6 Å². The van der Waals surface area contributed by atoms with Gasteiger partial charge in [-0.2, -0.15) is 5.10 Å². The molecule has 0 aliphatic carbocycles. The highest BCUT2D eigenvalue weighted by atomic mass is 19.1. The van der Waals surface area contributed by atoms with Gasteiger partial charge in [0.1, 0.15) is 5.82 Å². The van der Waals surface area contributed by atoms with Crippen LogP contribution >= 0.6 is 0 Å². The fraction of sp³-hybridized carbons (Fsp3) is 0.200. The standard InChI is InChI=1S/C30H27FN6O2/c31-23-4-1-20(2-5-23)27-8-6-24(17-33-27)34-30(39)29-26-14-21(3-7-28(26)35-36-29)22-13-19(15-32-16-22)18-37-11-9-25(38)10-12-37/h1-8,13-17,25,38H,9-12,18H2,(H,34,39)(H,35,36). The summed E-state index contributed by atoms with van der Waals surface area (Å²) in [7, 11) is 0. The van der Waals surface area contributed by atoms with Crippen LogP contribution in [-0.2, 0) is 6.54 Å². The van der Waals surface area contributed by atoms with Crippen molar-refractivity contribution in [2.24, 2.45) is 0 Å². The van der Waals surface area contributed by atoms with E-state index in [1.54, 1.807) is 30.5 Å². The van der Waals surface area contributed by atoms with E-state index < -0.39 is 0 Å². The van der Waals surface area contributed by atoms with Gasteiger partial charge >= 0.3 is 0 Å². The molecule has 39 heavy (non-hydrogen) atoms. The number of nitrogens with one attached hydrogen (secondary N) is 2. The van der Waals surface area contributed by atoms with Crippen molar-refractivity contribution >= 4 is 22.5 Å². The molecule has 8 nitrogen and oxygen atoms in total. The number of halogens is 1. The lowest BCUT2D eigenvalue weighted by Gasteiger charge is -2.29. The number of amides is 1. The van der Waals surface area contributed by atoms with Crippen LogP contribution in [0.15, 0.2) is 79.3 Å². The number of pyridine rings is 2. The lowest BCUT2D eigenvalue weighted by atomic mass is 10.0. The molecule has 9 heteroatoms. The smallest absolute Gasteiger partial charge is 0.276 e. The fourth-order valence-corrected chi connectivity index (χ4v) is 4.88. The van der Waals surface area contributed by atoms with Gasteiger partial charge in [0, 0.05) is 48.5 Å². The van der Waals surface area contributed by atoms with Crippen LogP contribution < -0.4 is 5.32 Å². The summed E-state index contributed by atoms with van der Waals surface area (Å²) in [6, 6.07) is 17.6. The Hall–Kier alpha value is -4.47. The van der Waals surface area contributed by atoms with Crippen molar-refractivity contribution in [3.05, 3.63) is 96.3 Å². The summed E-state index contributed by atoms with van der Waals surface area (Å²) in [5.41, 5.74) is 6.03. The first kappa shape index (κ1) is 24.8. The molecular weight excluding hydrogens is 495 g/mol. The number of fused-ring (bicyclic) bond motifs is 1. The number of carbonyl (C=O) groups excluding carboxylic acids is 1. The number of rotatable bonds is 6. The molecule has 3 aromatic heterocycles. The second kappa shape index (κ2) is 10.7. The van der Waals surface area contributed by atoms with E-state index in [1.807, 2.05) is 30.6 Å². The maximum Gasteiger partial charge on any atom is 0.276 e. The van der Waals surface area contributed by atoms with Gasteiger partial charge in [-0.15, -0.1) is 0 Å². The predicted octanol–water partition coefficient (Wildman–Crippen LogP) is 5.04. The first-order chi connectivity index (χ1) is 19.0. The number of hydrogen-bond acceptors (Lipinski definition) is 6. The van der Waals surface area contributed by atoms with Crippen LogP contribution in [0.25, 0.3) is 33.3 Å². The van der Waals surface area contributed by atoms with Gasteiger partial charge in [-0.1, -0.05) is 6.07 Å². The number of carbonyl (C=O) groups is 1. The van der Waals surface area contributed by atoms with Crippen LogP contribution in [0.3, 0.4) is 0 Å². The van der Waals surface area contributed by atoms with E-state index in [0.29, 0.717) is 16.8 Å². The topological polar surface area (TPSA) is 107 Å². The van der Waals surface area contributed by atoms with Crippen LogP contribution in [0.5, 0.6) is 0 Å². The molecule has 0 saturated carbocycles. The number of aliphatic hydroxyl groups excluding tert-OH is 1. The van der Waals surface area contributed by atoms with Crippen LogP contribution in [0.4, 0.5) is 10.1 Å². The van der Waals surface area contributed by atoms with E-state index in [1.165, 1.54) is 12.1 Å². The summed E-state index contributed by atoms with van der Waals surface area (Å²) in [5.74, 6) is -0.658. The molecule has 6 rings (SSSR count). The summed E-state index contributed by atoms with van der Waals surface area (Å²) in [5, 5.41) is 20.5. The van der Waals surface area contributed by atoms with Crippen LogP contribution in [0, 0.1) is 5.82 Å². The average molecular weight is 523 g/mol. The Balaban J connectivity index is 1.19. The second-order valence-corrected chi connectivity index (χ2v) is 9.81. The molecule has 1 amide bonds. The molecule has 0 spiro atoms. The lowest BCUT2D eigenvalue weighted by molar-refractivity contribution is 0.0792. The molecule has 5 aromatic rings. The number of piperidine rings is 1. The average Bonchev–Trinajstić information content (AvgIpc) is 3.39. The molecule has 1 aliphatic rings. The van der Waals surface area contributed by atoms with E-state index in [0.717, 1.165) is 60.2 Å². The molecule has 0 radical (unpaired) electrons. The van der Waals surface area contributed by atoms with Crippen LogP contribution in [-0.4, -0.2) is 55.3 Å². The summed E-state index contributed by atoms with van der Waals surface area (Å²) < 4.78 is 13.2. The second-order valence-electron chi connectivity index (χ2n) is 9.81. The van der Waals surface area contributed by atoms with E-state index in [2.05, 4.69) is 36.4 Å². The first-order valence-electron chi connectivity index (χ1n) is 12.9. The minimum atomic E-state index is -0.353. The summed E-state index contributed by atoms with van der Waals surface area (Å²) in [6.45, 7) is 2.52. The number of anilines is 1. The van der Waals surface area contributed by atoms with Gasteiger partial charge < -0.3 is 10.4 Å². The van der Waals surface area contributed by atoms with E-state index in [4.69, 9.17) is 0 Å². The number of H-pyrrole nitrogens is 1. The fourth-order valence-electron chi connectivity index (χ4n) is 4.88. The number of hydrogen-bond donors (Lipinski definition) is 3. The largest absolute Gasteiger partial charge is 0.393 e. The Morgan fingerprint density at radius 3 is 2.54 bits per heavy atom. The highest BCUT2D eigenvalue weighted by Crippen LogP contribution is 2.27. The number of aromatic amines is 1. The number of likely N-dealkylation sites (tertiary alicyclic amines) is 1. The summed E-state index contributed by atoms with van der Waals surface area (Å²) in [4.78, 5) is 24.3. The normalized spacial score (nSPS) is 14.5. The quantitative estimate of drug-likeness (QED) is 0.289. The highest BCUT2D eigenvalue weighted by Gasteiger charge is 2.18. The summed E-state index contributed by atoms with van der Waals surface area (Å²) >= 11 is 0. The molecular formula is C30H27FN6O2. The zero-order valence-electron chi connectivity index (χ0n) is 21.1. The maximum absolute atomic E-state index is 13.2. The number of nitrogens with zero attached hydrogens (tertiary/aromatic N) is 4. The molecule has 3 N–H and O–H groups in total. The van der Waals surface area contributed by atoms with Gasteiger partial charge in [0.25, 0.3) is 5.91 Å². The molecule has 2 aromatic carbocycles. The third-order valence-corrected chi connectivity index (χ3v) is 7.03. The zero-order valence-corrected chi connectivity index (χ0v) is 21.1. The Morgan fingerprint density at radius 1 is 0.974 bits per heavy atom. The Morgan fingerprint density at radius 2 is 1.77 bits per heavy atom. The van der Waals surface area contributed by atoms with Gasteiger partial charge in [-0.3, -0.25) is 24.8 Å². The van der Waals surface area contributed by atoms with Crippen molar-refractivity contribution in [3.63, 3.8) is 0 Å². The molecule has 0 atom stereocenters. The van der Waals surface area contributed by atoms with Gasteiger partial charge in [0.15, 0.2) is 5.69 Å². The SMILES string of the molecule is O=C(Nc1ccc(-c2ccc(F)cc2)nc1)c1n[nH]c2ccc(-c3cncc(CN4CCC(O)CC4)c3)cc12. The third kappa shape index (κ3) is 5.55. The lowest BCUT2D eigenvalue weighted by Crippen LogP contribution is -2.35. The van der Waals surface area contributed by atoms with Gasteiger partial charge in [0.2, 0.25) is 0 Å². The van der Waals surface area contributed by atoms with Crippen molar-refractivity contribution in [2.45, 2.75) is 25.5 Å². The van der Waals surface area contributed by atoms with E-state index in [9.17, 15) is 14.3 Å². The van der Waals surface area contributed by atoms with Crippen molar-refractivity contribution < 1.29 is 14.3 Å². The Bertz CT molecular complexity index is 1610. The Labute approximate surface area is 224 Å². The molecule has 1 fully saturated rings. The Kier molecular flexibility index (Phi) is 6.83. The number of aliphatic hydroxyl groups is 1. The highest BCUT2D eigenvalue weighted by molar-refractivity contribution is 6.11. The van der Waals surface area contributed by atoms with Crippen molar-refractivity contribution in [2.75, 3.05) is 18.4 Å². The van der Waals surface area contributed by atoms with Crippen molar-refractivity contribution in [1.29, 1.82) is 0 Å².